The molecule has 0 spiro atoms. The Morgan fingerprint density at radius 1 is 0.550 bits per heavy atom. The Bertz CT molecular complexity index is 205. The summed E-state index contributed by atoms with van der Waals surface area (Å²) >= 11 is 0. The van der Waals surface area contributed by atoms with Crippen LogP contribution < -0.4 is 0 Å². The Hall–Kier alpha value is -0.160. The first-order chi connectivity index (χ1) is 9.17. The molecule has 0 aliphatic carbocycles. The fourth-order valence-electron chi connectivity index (χ4n) is 1.68. The van der Waals surface area contributed by atoms with Crippen LogP contribution in [0.25, 0.3) is 0 Å². The van der Waals surface area contributed by atoms with Crippen LogP contribution in [-0.4, -0.2) is 49.8 Å². The second-order valence-corrected chi connectivity index (χ2v) is 6.43. The van der Waals surface area contributed by atoms with Crippen molar-refractivity contribution in [3.8, 4) is 0 Å². The minimum Gasteiger partial charge on any atom is -0.376 e. The summed E-state index contributed by atoms with van der Waals surface area (Å²) in [6.07, 6.45) is 0.562. The van der Waals surface area contributed by atoms with Crippen LogP contribution in [0, 0.1) is 0 Å². The molecule has 0 saturated carbocycles. The van der Waals surface area contributed by atoms with E-state index in [9.17, 15) is 0 Å². The van der Waals surface area contributed by atoms with Gasteiger partial charge in [-0.1, -0.05) is 0 Å². The van der Waals surface area contributed by atoms with Crippen molar-refractivity contribution < 1.29 is 18.9 Å². The zero-order chi connectivity index (χ0) is 15.8. The maximum absolute atomic E-state index is 6.11. The van der Waals surface area contributed by atoms with Crippen LogP contribution in [0.3, 0.4) is 0 Å². The summed E-state index contributed by atoms with van der Waals surface area (Å²) in [5, 5.41) is 0. The van der Waals surface area contributed by atoms with Crippen LogP contribution >= 0.6 is 0 Å². The molecule has 0 unspecified atom stereocenters. The van der Waals surface area contributed by atoms with Gasteiger partial charge in [-0.05, 0) is 55.4 Å². The molecule has 0 rings (SSSR count). The number of ether oxygens (including phenoxy) is 4. The molecule has 0 aliphatic heterocycles. The van der Waals surface area contributed by atoms with Gasteiger partial charge in [0.15, 0.2) is 0 Å². The molecule has 0 heterocycles. The molecule has 4 heteroatoms. The van der Waals surface area contributed by atoms with E-state index in [2.05, 4.69) is 0 Å². The summed E-state index contributed by atoms with van der Waals surface area (Å²) in [4.78, 5) is 0. The average molecular weight is 290 g/mol. The largest absolute Gasteiger partial charge is 0.376 e. The lowest BCUT2D eigenvalue weighted by molar-refractivity contribution is -0.198. The van der Waals surface area contributed by atoms with Gasteiger partial charge in [-0.2, -0.15) is 0 Å². The summed E-state index contributed by atoms with van der Waals surface area (Å²) in [5.74, 6) is 0. The van der Waals surface area contributed by atoms with E-state index in [1.165, 1.54) is 0 Å². The van der Waals surface area contributed by atoms with Gasteiger partial charge in [-0.3, -0.25) is 0 Å². The third-order valence-electron chi connectivity index (χ3n) is 2.52. The quantitative estimate of drug-likeness (QED) is 0.584. The highest BCUT2D eigenvalue weighted by Crippen LogP contribution is 2.19. The van der Waals surface area contributed by atoms with Gasteiger partial charge in [0.2, 0.25) is 0 Å². The second-order valence-electron chi connectivity index (χ2n) is 6.43. The molecule has 0 saturated heterocycles. The molecule has 0 radical (unpaired) electrons. The lowest BCUT2D eigenvalue weighted by Crippen LogP contribution is -2.50. The third kappa shape index (κ3) is 9.70. The number of hydrogen-bond donors (Lipinski definition) is 0. The van der Waals surface area contributed by atoms with Crippen molar-refractivity contribution in [3.05, 3.63) is 0 Å². The van der Waals surface area contributed by atoms with Crippen LogP contribution in [-0.2, 0) is 18.9 Å². The minimum absolute atomic E-state index is 0.0947. The van der Waals surface area contributed by atoms with Crippen LogP contribution in [0.5, 0.6) is 0 Å². The zero-order valence-corrected chi connectivity index (χ0v) is 14.6. The Morgan fingerprint density at radius 3 is 1.05 bits per heavy atom. The van der Waals surface area contributed by atoms with E-state index in [0.717, 1.165) is 0 Å². The van der Waals surface area contributed by atoms with Crippen molar-refractivity contribution in [2.75, 3.05) is 19.8 Å². The van der Waals surface area contributed by atoms with Gasteiger partial charge < -0.3 is 18.9 Å². The van der Waals surface area contributed by atoms with E-state index in [0.29, 0.717) is 19.8 Å². The molecule has 0 aromatic heterocycles. The van der Waals surface area contributed by atoms with Gasteiger partial charge in [0.25, 0.3) is 0 Å². The molecule has 4 nitrogen and oxygen atoms in total. The normalized spacial score (nSPS) is 13.2. The first-order valence-electron chi connectivity index (χ1n) is 7.69. The van der Waals surface area contributed by atoms with Gasteiger partial charge in [0.1, 0.15) is 5.60 Å². The maximum Gasteiger partial charge on any atom is 0.138 e. The molecule has 0 aromatic rings. The van der Waals surface area contributed by atoms with Crippen LogP contribution in [0.2, 0.25) is 0 Å². The minimum atomic E-state index is -0.549. The predicted octanol–water partition coefficient (Wildman–Crippen LogP) is 3.43. The SMILES string of the molecule is CC(C)OCC(COC(C)C)(COC(C)C)OC(C)C. The highest BCUT2D eigenvalue weighted by molar-refractivity contribution is 4.82. The van der Waals surface area contributed by atoms with Crippen LogP contribution in [0.1, 0.15) is 55.4 Å². The molecule has 0 aliphatic rings. The predicted molar refractivity (Wildman–Crippen MR) is 82.2 cm³/mol. The fourth-order valence-corrected chi connectivity index (χ4v) is 1.68. The van der Waals surface area contributed by atoms with E-state index in [4.69, 9.17) is 18.9 Å². The van der Waals surface area contributed by atoms with Crippen LogP contribution in [0.15, 0.2) is 0 Å². The topological polar surface area (TPSA) is 36.9 Å². The molecule has 0 bridgehead atoms. The van der Waals surface area contributed by atoms with Gasteiger partial charge in [0.05, 0.1) is 44.2 Å². The summed E-state index contributed by atoms with van der Waals surface area (Å²) in [6.45, 7) is 17.6. The zero-order valence-electron chi connectivity index (χ0n) is 14.6. The average Bonchev–Trinajstić information content (AvgIpc) is 2.30. The fraction of sp³-hybridized carbons (Fsp3) is 1.00. The first kappa shape index (κ1) is 19.8. The van der Waals surface area contributed by atoms with E-state index in [-0.39, 0.29) is 24.4 Å². The highest BCUT2D eigenvalue weighted by atomic mass is 16.6. The van der Waals surface area contributed by atoms with E-state index in [1.807, 2.05) is 55.4 Å². The summed E-state index contributed by atoms with van der Waals surface area (Å²) in [5.41, 5.74) is -0.549. The van der Waals surface area contributed by atoms with Crippen molar-refractivity contribution in [2.45, 2.75) is 85.4 Å². The molecular weight excluding hydrogens is 256 g/mol. The first-order valence-corrected chi connectivity index (χ1v) is 7.69. The standard InChI is InChI=1S/C16H34O4/c1-12(2)17-9-16(20-15(7)8,10-18-13(3)4)11-19-14(5)6/h12-15H,9-11H2,1-8H3. The Morgan fingerprint density at radius 2 is 0.850 bits per heavy atom. The van der Waals surface area contributed by atoms with E-state index in [1.54, 1.807) is 0 Å². The molecular formula is C16H34O4. The van der Waals surface area contributed by atoms with Crippen molar-refractivity contribution in [1.82, 2.24) is 0 Å². The van der Waals surface area contributed by atoms with Crippen molar-refractivity contribution in [2.24, 2.45) is 0 Å². The number of hydrogen-bond acceptors (Lipinski definition) is 4. The van der Waals surface area contributed by atoms with E-state index >= 15 is 0 Å². The van der Waals surface area contributed by atoms with Crippen molar-refractivity contribution >= 4 is 0 Å². The smallest absolute Gasteiger partial charge is 0.138 e. The summed E-state index contributed by atoms with van der Waals surface area (Å²) < 4.78 is 23.5. The van der Waals surface area contributed by atoms with Crippen molar-refractivity contribution in [3.63, 3.8) is 0 Å². The van der Waals surface area contributed by atoms with Crippen LogP contribution in [0.4, 0.5) is 0 Å². The van der Waals surface area contributed by atoms with Gasteiger partial charge in [0, 0.05) is 0 Å². The van der Waals surface area contributed by atoms with Gasteiger partial charge in [-0.15, -0.1) is 0 Å². The van der Waals surface area contributed by atoms with Crippen molar-refractivity contribution in [1.29, 1.82) is 0 Å². The molecule has 122 valence electrons. The van der Waals surface area contributed by atoms with Gasteiger partial charge >= 0.3 is 0 Å². The molecule has 0 fully saturated rings. The monoisotopic (exact) mass is 290 g/mol. The summed E-state index contributed by atoms with van der Waals surface area (Å²) in [7, 11) is 0. The summed E-state index contributed by atoms with van der Waals surface area (Å²) in [6, 6.07) is 0. The third-order valence-corrected chi connectivity index (χ3v) is 2.52. The molecule has 20 heavy (non-hydrogen) atoms. The molecule has 0 N–H and O–H groups in total. The number of rotatable bonds is 11. The molecule has 0 aromatic carbocycles. The van der Waals surface area contributed by atoms with Gasteiger partial charge in [-0.25, -0.2) is 0 Å². The highest BCUT2D eigenvalue weighted by Gasteiger charge is 2.35. The Kier molecular flexibility index (Phi) is 9.64. The lowest BCUT2D eigenvalue weighted by atomic mass is 10.1. The molecule has 0 atom stereocenters. The van der Waals surface area contributed by atoms with E-state index < -0.39 is 5.60 Å². The second kappa shape index (κ2) is 9.72. The maximum atomic E-state index is 6.11. The molecule has 0 amide bonds. The Labute approximate surface area is 125 Å². The lowest BCUT2D eigenvalue weighted by Gasteiger charge is -2.36. The Balaban J connectivity index is 4.84.